The zero-order valence-electron chi connectivity index (χ0n) is 17.8. The van der Waals surface area contributed by atoms with Gasteiger partial charge in [-0.15, -0.1) is 10.2 Å². The number of nitrogens with zero attached hydrogens (tertiary/aromatic N) is 5. The van der Waals surface area contributed by atoms with Crippen molar-refractivity contribution in [3.05, 3.63) is 58.6 Å². The van der Waals surface area contributed by atoms with Crippen LogP contribution in [0.5, 0.6) is 0 Å². The molecule has 31 heavy (non-hydrogen) atoms. The SMILES string of the molecule is CCn1c(SCC(=O)N(CCC#N)c2cc(C)cc(C)c2)nnc1-c1ccc(Cl)cc1. The lowest BCUT2D eigenvalue weighted by Gasteiger charge is -2.22. The fourth-order valence-corrected chi connectivity index (χ4v) is 4.37. The summed E-state index contributed by atoms with van der Waals surface area (Å²) >= 11 is 7.34. The highest BCUT2D eigenvalue weighted by molar-refractivity contribution is 7.99. The number of carbonyl (C=O) groups excluding carboxylic acids is 1. The summed E-state index contributed by atoms with van der Waals surface area (Å²) < 4.78 is 1.98. The summed E-state index contributed by atoms with van der Waals surface area (Å²) in [5.41, 5.74) is 3.89. The van der Waals surface area contributed by atoms with E-state index in [9.17, 15) is 4.79 Å². The second kappa shape index (κ2) is 10.5. The number of nitriles is 1. The summed E-state index contributed by atoms with van der Waals surface area (Å²) in [5.74, 6) is 0.880. The van der Waals surface area contributed by atoms with Gasteiger partial charge < -0.3 is 9.47 Å². The lowest BCUT2D eigenvalue weighted by molar-refractivity contribution is -0.116. The maximum absolute atomic E-state index is 13.1. The van der Waals surface area contributed by atoms with E-state index in [1.165, 1.54) is 11.8 Å². The van der Waals surface area contributed by atoms with Gasteiger partial charge in [0.05, 0.1) is 18.2 Å². The Morgan fingerprint density at radius 1 is 1.16 bits per heavy atom. The third-order valence-corrected chi connectivity index (χ3v) is 5.93. The molecule has 0 saturated heterocycles. The number of carbonyl (C=O) groups is 1. The summed E-state index contributed by atoms with van der Waals surface area (Å²) in [4.78, 5) is 14.8. The standard InChI is InChI=1S/C23H24ClN5OS/c1-4-28-22(18-6-8-19(24)9-7-18)26-27-23(28)31-15-21(30)29(11-5-10-25)20-13-16(2)12-17(3)14-20/h6-9,12-14H,4-5,11,15H2,1-3H3. The lowest BCUT2D eigenvalue weighted by Crippen LogP contribution is -2.33. The Morgan fingerprint density at radius 3 is 2.45 bits per heavy atom. The molecule has 0 radical (unpaired) electrons. The number of aromatic nitrogens is 3. The third kappa shape index (κ3) is 5.66. The van der Waals surface area contributed by atoms with E-state index < -0.39 is 0 Å². The van der Waals surface area contributed by atoms with Crippen LogP contribution in [0, 0.1) is 25.2 Å². The maximum Gasteiger partial charge on any atom is 0.237 e. The van der Waals surface area contributed by atoms with Crippen molar-refractivity contribution in [2.24, 2.45) is 0 Å². The van der Waals surface area contributed by atoms with Gasteiger partial charge in [0.25, 0.3) is 0 Å². The molecule has 1 amide bonds. The molecule has 0 N–H and O–H groups in total. The number of thioether (sulfide) groups is 1. The second-order valence-electron chi connectivity index (χ2n) is 7.15. The van der Waals surface area contributed by atoms with E-state index in [2.05, 4.69) is 22.3 Å². The van der Waals surface area contributed by atoms with Crippen molar-refractivity contribution < 1.29 is 4.79 Å². The van der Waals surface area contributed by atoms with Gasteiger partial charge in [0.2, 0.25) is 5.91 Å². The maximum atomic E-state index is 13.1. The predicted octanol–water partition coefficient (Wildman–Crippen LogP) is 5.27. The van der Waals surface area contributed by atoms with Crippen molar-refractivity contribution in [1.29, 1.82) is 5.26 Å². The quantitative estimate of drug-likeness (QED) is 0.434. The molecular weight excluding hydrogens is 430 g/mol. The number of amides is 1. The first-order valence-corrected chi connectivity index (χ1v) is 11.4. The minimum Gasteiger partial charge on any atom is -0.311 e. The fourth-order valence-electron chi connectivity index (χ4n) is 3.36. The zero-order valence-corrected chi connectivity index (χ0v) is 19.4. The van der Waals surface area contributed by atoms with Gasteiger partial charge in [-0.3, -0.25) is 4.79 Å². The summed E-state index contributed by atoms with van der Waals surface area (Å²) in [5, 5.41) is 19.0. The number of hydrogen-bond acceptors (Lipinski definition) is 5. The monoisotopic (exact) mass is 453 g/mol. The molecule has 8 heteroatoms. The minimum atomic E-state index is -0.0658. The summed E-state index contributed by atoms with van der Waals surface area (Å²) in [7, 11) is 0. The highest BCUT2D eigenvalue weighted by Gasteiger charge is 2.19. The number of anilines is 1. The molecule has 0 aliphatic carbocycles. The van der Waals surface area contributed by atoms with E-state index in [4.69, 9.17) is 16.9 Å². The van der Waals surface area contributed by atoms with Crippen LogP contribution in [0.25, 0.3) is 11.4 Å². The number of hydrogen-bond donors (Lipinski definition) is 0. The van der Waals surface area contributed by atoms with E-state index in [1.807, 2.05) is 61.7 Å². The largest absolute Gasteiger partial charge is 0.311 e. The first-order chi connectivity index (χ1) is 14.9. The van der Waals surface area contributed by atoms with Crippen LogP contribution in [0.3, 0.4) is 0 Å². The van der Waals surface area contributed by atoms with Crippen molar-refractivity contribution in [3.8, 4) is 17.5 Å². The average molecular weight is 454 g/mol. The van der Waals surface area contributed by atoms with Crippen molar-refractivity contribution in [1.82, 2.24) is 14.8 Å². The fraction of sp³-hybridized carbons (Fsp3) is 0.304. The summed E-state index contributed by atoms with van der Waals surface area (Å²) in [6, 6.07) is 15.6. The van der Waals surface area contributed by atoms with Crippen LogP contribution in [-0.4, -0.2) is 33.0 Å². The van der Waals surface area contributed by atoms with Crippen LogP contribution in [0.15, 0.2) is 47.6 Å². The summed E-state index contributed by atoms with van der Waals surface area (Å²) in [6.45, 7) is 7.05. The van der Waals surface area contributed by atoms with Crippen LogP contribution in [0.2, 0.25) is 5.02 Å². The van der Waals surface area contributed by atoms with Crippen LogP contribution in [0.1, 0.15) is 24.5 Å². The Kier molecular flexibility index (Phi) is 7.72. The highest BCUT2D eigenvalue weighted by Crippen LogP contribution is 2.26. The second-order valence-corrected chi connectivity index (χ2v) is 8.52. The van der Waals surface area contributed by atoms with Gasteiger partial charge in [-0.25, -0.2) is 0 Å². The Balaban J connectivity index is 1.79. The minimum absolute atomic E-state index is 0.0658. The van der Waals surface area contributed by atoms with E-state index in [1.54, 1.807) is 4.90 Å². The smallest absolute Gasteiger partial charge is 0.237 e. The van der Waals surface area contributed by atoms with Crippen LogP contribution in [-0.2, 0) is 11.3 Å². The van der Waals surface area contributed by atoms with Gasteiger partial charge in [0.15, 0.2) is 11.0 Å². The Hall–Kier alpha value is -2.82. The molecule has 0 saturated carbocycles. The average Bonchev–Trinajstić information content (AvgIpc) is 3.15. The van der Waals surface area contributed by atoms with Crippen LogP contribution >= 0.6 is 23.4 Å². The molecule has 0 bridgehead atoms. The molecule has 2 aromatic carbocycles. The third-order valence-electron chi connectivity index (χ3n) is 4.73. The van der Waals surface area contributed by atoms with Gasteiger partial charge in [-0.2, -0.15) is 5.26 Å². The van der Waals surface area contributed by atoms with Gasteiger partial charge in [-0.1, -0.05) is 29.4 Å². The van der Waals surface area contributed by atoms with E-state index in [-0.39, 0.29) is 18.1 Å². The predicted molar refractivity (Wildman–Crippen MR) is 125 cm³/mol. The number of benzene rings is 2. The van der Waals surface area contributed by atoms with Gasteiger partial charge >= 0.3 is 0 Å². The molecule has 0 fully saturated rings. The van der Waals surface area contributed by atoms with Gasteiger partial charge in [0.1, 0.15) is 0 Å². The Labute approximate surface area is 191 Å². The van der Waals surface area contributed by atoms with Crippen molar-refractivity contribution in [3.63, 3.8) is 0 Å². The number of aryl methyl sites for hydroxylation is 2. The number of rotatable bonds is 8. The van der Waals surface area contributed by atoms with Crippen molar-refractivity contribution in [2.75, 3.05) is 17.2 Å². The van der Waals surface area contributed by atoms with E-state index in [0.29, 0.717) is 23.3 Å². The molecule has 0 aliphatic rings. The van der Waals surface area contributed by atoms with Crippen molar-refractivity contribution in [2.45, 2.75) is 38.9 Å². The van der Waals surface area contributed by atoms with E-state index >= 15 is 0 Å². The van der Waals surface area contributed by atoms with Crippen LogP contribution < -0.4 is 4.90 Å². The molecule has 0 unspecified atom stereocenters. The molecule has 6 nitrogen and oxygen atoms in total. The first kappa shape index (κ1) is 22.9. The molecule has 0 spiro atoms. The van der Waals surface area contributed by atoms with Gasteiger partial charge in [0, 0.05) is 29.4 Å². The first-order valence-electron chi connectivity index (χ1n) is 10.0. The lowest BCUT2D eigenvalue weighted by atomic mass is 10.1. The normalized spacial score (nSPS) is 10.7. The topological polar surface area (TPSA) is 74.8 Å². The highest BCUT2D eigenvalue weighted by atomic mass is 35.5. The Bertz CT molecular complexity index is 1080. The molecular formula is C23H24ClN5OS. The van der Waals surface area contributed by atoms with Crippen LogP contribution in [0.4, 0.5) is 5.69 Å². The molecule has 0 atom stereocenters. The summed E-state index contributed by atoms with van der Waals surface area (Å²) in [6.07, 6.45) is 0.273. The Morgan fingerprint density at radius 2 is 1.84 bits per heavy atom. The molecule has 1 heterocycles. The molecule has 160 valence electrons. The number of halogens is 1. The molecule has 3 aromatic rings. The molecule has 3 rings (SSSR count). The van der Waals surface area contributed by atoms with E-state index in [0.717, 1.165) is 28.2 Å². The molecule has 0 aliphatic heterocycles. The van der Waals surface area contributed by atoms with Gasteiger partial charge in [-0.05, 0) is 68.3 Å². The zero-order chi connectivity index (χ0) is 22.4. The van der Waals surface area contributed by atoms with Crippen molar-refractivity contribution >= 4 is 35.0 Å². The molecule has 1 aromatic heterocycles.